The zero-order valence-corrected chi connectivity index (χ0v) is 14.1. The Kier molecular flexibility index (Phi) is 4.61. The molecule has 0 bridgehead atoms. The summed E-state index contributed by atoms with van der Waals surface area (Å²) in [4.78, 5) is 13.6. The summed E-state index contributed by atoms with van der Waals surface area (Å²) >= 11 is 0. The normalized spacial score (nSPS) is 20.5. The van der Waals surface area contributed by atoms with Crippen molar-refractivity contribution in [1.82, 2.24) is 19.9 Å². The number of aromatic nitrogens is 3. The van der Waals surface area contributed by atoms with Gasteiger partial charge in [-0.15, -0.1) is 0 Å². The fraction of sp³-hybridized carbons (Fsp3) is 0.316. The summed E-state index contributed by atoms with van der Waals surface area (Å²) in [5, 5.41) is 8.98. The highest BCUT2D eigenvalue weighted by molar-refractivity contribution is 5.73. The van der Waals surface area contributed by atoms with E-state index in [1.54, 1.807) is 18.5 Å². The number of aromatic amines is 1. The van der Waals surface area contributed by atoms with Crippen LogP contribution in [0.3, 0.4) is 0 Å². The molecule has 1 saturated heterocycles. The molecule has 26 heavy (non-hydrogen) atoms. The van der Waals surface area contributed by atoms with Gasteiger partial charge in [-0.05, 0) is 23.8 Å². The molecule has 1 aromatic carbocycles. The number of hydrogen-bond donors (Lipinski definition) is 1. The first-order valence-electron chi connectivity index (χ1n) is 8.47. The minimum Gasteiger partial charge on any atom is -0.366 e. The van der Waals surface area contributed by atoms with Gasteiger partial charge < -0.3 is 9.72 Å². The lowest BCUT2D eigenvalue weighted by atomic mass is 10.1. The summed E-state index contributed by atoms with van der Waals surface area (Å²) in [7, 11) is 0. The van der Waals surface area contributed by atoms with Crippen LogP contribution in [0.2, 0.25) is 0 Å². The van der Waals surface area contributed by atoms with Crippen LogP contribution in [0, 0.1) is 11.3 Å². The highest BCUT2D eigenvalue weighted by Crippen LogP contribution is 2.21. The second-order valence-corrected chi connectivity index (χ2v) is 6.45. The summed E-state index contributed by atoms with van der Waals surface area (Å²) in [6.45, 7) is 1.68. The second-order valence-electron chi connectivity index (χ2n) is 6.45. The van der Waals surface area contributed by atoms with E-state index in [9.17, 15) is 4.39 Å². The molecule has 6 nitrogen and oxygen atoms in total. The molecule has 2 aromatic heterocycles. The standard InChI is InChI=1S/C19H18FN5O/c20-15-10-25(9-14-3-1-2-13(6-14)7-21)11-18(15)26-12-19-23-16-4-5-22-8-17(16)24-19/h1-6,8,15,18H,9-12H2,(H,23,24)/t15-,18+/m1/s1. The lowest BCUT2D eigenvalue weighted by molar-refractivity contribution is 0.00864. The number of nitriles is 1. The van der Waals surface area contributed by atoms with E-state index < -0.39 is 12.3 Å². The van der Waals surface area contributed by atoms with Crippen LogP contribution in [0.15, 0.2) is 42.7 Å². The van der Waals surface area contributed by atoms with Crippen molar-refractivity contribution in [1.29, 1.82) is 5.26 Å². The smallest absolute Gasteiger partial charge is 0.140 e. The van der Waals surface area contributed by atoms with Crippen molar-refractivity contribution in [3.8, 4) is 6.07 Å². The van der Waals surface area contributed by atoms with E-state index >= 15 is 0 Å². The summed E-state index contributed by atoms with van der Waals surface area (Å²) in [6, 6.07) is 11.3. The molecule has 1 fully saturated rings. The van der Waals surface area contributed by atoms with Gasteiger partial charge in [0.05, 0.1) is 28.9 Å². The van der Waals surface area contributed by atoms with Gasteiger partial charge in [0.2, 0.25) is 0 Å². The number of likely N-dealkylation sites (tertiary alicyclic amines) is 1. The highest BCUT2D eigenvalue weighted by Gasteiger charge is 2.33. The molecule has 0 amide bonds. The number of rotatable bonds is 5. The average Bonchev–Trinajstić information content (AvgIpc) is 3.22. The lowest BCUT2D eigenvalue weighted by Crippen LogP contribution is -2.24. The first kappa shape index (κ1) is 16.6. The summed E-state index contributed by atoms with van der Waals surface area (Å²) < 4.78 is 20.1. The Morgan fingerprint density at radius 2 is 2.27 bits per heavy atom. The third-order valence-electron chi connectivity index (χ3n) is 4.50. The molecule has 132 valence electrons. The Bertz CT molecular complexity index is 917. The van der Waals surface area contributed by atoms with Crippen molar-refractivity contribution in [2.24, 2.45) is 0 Å². The van der Waals surface area contributed by atoms with Crippen LogP contribution in [-0.4, -0.2) is 45.2 Å². The van der Waals surface area contributed by atoms with Gasteiger partial charge >= 0.3 is 0 Å². The molecular weight excluding hydrogens is 333 g/mol. The fourth-order valence-electron chi connectivity index (χ4n) is 3.26. The van der Waals surface area contributed by atoms with Gasteiger partial charge in [-0.1, -0.05) is 12.1 Å². The van der Waals surface area contributed by atoms with E-state index in [0.717, 1.165) is 16.6 Å². The number of ether oxygens (including phenoxy) is 1. The monoisotopic (exact) mass is 351 g/mol. The van der Waals surface area contributed by atoms with E-state index in [-0.39, 0.29) is 6.61 Å². The Hall–Kier alpha value is -2.82. The van der Waals surface area contributed by atoms with Crippen LogP contribution in [0.5, 0.6) is 0 Å². The van der Waals surface area contributed by atoms with E-state index in [4.69, 9.17) is 10.00 Å². The number of H-pyrrole nitrogens is 1. The van der Waals surface area contributed by atoms with Crippen molar-refractivity contribution in [3.05, 3.63) is 59.7 Å². The molecule has 1 aliphatic rings. The van der Waals surface area contributed by atoms with Gasteiger partial charge in [-0.25, -0.2) is 9.37 Å². The topological polar surface area (TPSA) is 77.8 Å². The lowest BCUT2D eigenvalue weighted by Gasteiger charge is -2.15. The second kappa shape index (κ2) is 7.20. The number of nitrogens with one attached hydrogen (secondary N) is 1. The SMILES string of the molecule is N#Cc1cccc(CN2C[C@@H](F)[C@@H](OCc3nc4ccncc4[nH]3)C2)c1. The maximum absolute atomic E-state index is 14.3. The van der Waals surface area contributed by atoms with Gasteiger partial charge in [0.1, 0.15) is 24.7 Å². The number of alkyl halides is 1. The summed E-state index contributed by atoms with van der Waals surface area (Å²) in [6.07, 6.45) is 1.86. The minimum absolute atomic E-state index is 0.234. The van der Waals surface area contributed by atoms with Gasteiger partial charge in [0.15, 0.2) is 0 Å². The van der Waals surface area contributed by atoms with Gasteiger partial charge in [-0.3, -0.25) is 9.88 Å². The zero-order chi connectivity index (χ0) is 17.9. The first-order valence-corrected chi connectivity index (χ1v) is 8.47. The van der Waals surface area contributed by atoms with Gasteiger partial charge in [0.25, 0.3) is 0 Å². The number of pyridine rings is 1. The van der Waals surface area contributed by atoms with E-state index in [1.807, 2.05) is 29.2 Å². The molecule has 0 spiro atoms. The third kappa shape index (κ3) is 3.57. The molecule has 0 radical (unpaired) electrons. The first-order chi connectivity index (χ1) is 12.7. The van der Waals surface area contributed by atoms with E-state index in [2.05, 4.69) is 21.0 Å². The van der Waals surface area contributed by atoms with Crippen LogP contribution in [0.1, 0.15) is 17.0 Å². The molecule has 4 rings (SSSR count). The molecule has 0 aliphatic carbocycles. The van der Waals surface area contributed by atoms with Crippen LogP contribution in [0.25, 0.3) is 11.0 Å². The average molecular weight is 351 g/mol. The van der Waals surface area contributed by atoms with E-state index in [1.165, 1.54) is 0 Å². The Morgan fingerprint density at radius 3 is 3.12 bits per heavy atom. The van der Waals surface area contributed by atoms with Crippen LogP contribution in [0.4, 0.5) is 4.39 Å². The molecule has 3 aromatic rings. The minimum atomic E-state index is -1.04. The molecule has 7 heteroatoms. The Morgan fingerprint density at radius 1 is 1.35 bits per heavy atom. The maximum atomic E-state index is 14.3. The number of nitrogens with zero attached hydrogens (tertiary/aromatic N) is 4. The maximum Gasteiger partial charge on any atom is 0.140 e. The molecular formula is C19H18FN5O. The van der Waals surface area contributed by atoms with Crippen molar-refractivity contribution < 1.29 is 9.13 Å². The number of fused-ring (bicyclic) bond motifs is 1. The number of benzene rings is 1. The number of hydrogen-bond acceptors (Lipinski definition) is 5. The number of halogens is 1. The Labute approximate surface area is 150 Å². The predicted octanol–water partition coefficient (Wildman–Crippen LogP) is 2.57. The molecule has 2 atom stereocenters. The quantitative estimate of drug-likeness (QED) is 0.764. The van der Waals surface area contributed by atoms with Crippen molar-refractivity contribution >= 4 is 11.0 Å². The van der Waals surface area contributed by atoms with Gasteiger partial charge in [0, 0.05) is 25.8 Å². The fourth-order valence-corrected chi connectivity index (χ4v) is 3.26. The van der Waals surface area contributed by atoms with Crippen LogP contribution >= 0.6 is 0 Å². The van der Waals surface area contributed by atoms with Crippen molar-refractivity contribution in [2.45, 2.75) is 25.4 Å². The van der Waals surface area contributed by atoms with Crippen LogP contribution in [-0.2, 0) is 17.9 Å². The molecule has 1 N–H and O–H groups in total. The molecule has 1 aliphatic heterocycles. The highest BCUT2D eigenvalue weighted by atomic mass is 19.1. The van der Waals surface area contributed by atoms with Crippen molar-refractivity contribution in [2.75, 3.05) is 13.1 Å². The third-order valence-corrected chi connectivity index (χ3v) is 4.50. The summed E-state index contributed by atoms with van der Waals surface area (Å²) in [5.74, 6) is 0.667. The molecule has 0 unspecified atom stereocenters. The van der Waals surface area contributed by atoms with Gasteiger partial charge in [-0.2, -0.15) is 5.26 Å². The van der Waals surface area contributed by atoms with E-state index in [0.29, 0.717) is 31.0 Å². The Balaban J connectivity index is 1.35. The van der Waals surface area contributed by atoms with Crippen LogP contribution < -0.4 is 0 Å². The zero-order valence-electron chi connectivity index (χ0n) is 14.1. The predicted molar refractivity (Wildman–Crippen MR) is 93.8 cm³/mol. The van der Waals surface area contributed by atoms with Crippen molar-refractivity contribution in [3.63, 3.8) is 0 Å². The molecule has 3 heterocycles. The molecule has 0 saturated carbocycles. The number of imidazole rings is 1. The summed E-state index contributed by atoms with van der Waals surface area (Å²) in [5.41, 5.74) is 3.28. The largest absolute Gasteiger partial charge is 0.366 e.